The maximum absolute atomic E-state index is 13.2. The van der Waals surface area contributed by atoms with Crippen LogP contribution in [-0.2, 0) is 0 Å². The van der Waals surface area contributed by atoms with Gasteiger partial charge in [-0.15, -0.1) is 0 Å². The van der Waals surface area contributed by atoms with Gasteiger partial charge in [-0.05, 0) is 50.6 Å². The molecule has 1 fully saturated rings. The van der Waals surface area contributed by atoms with Gasteiger partial charge in [-0.2, -0.15) is 5.10 Å². The maximum atomic E-state index is 13.2. The molecule has 0 amide bonds. The van der Waals surface area contributed by atoms with Gasteiger partial charge < -0.3 is 19.8 Å². The molecule has 2 atom stereocenters. The first kappa shape index (κ1) is 21.1. The average molecular weight is 420 g/mol. The summed E-state index contributed by atoms with van der Waals surface area (Å²) in [6.07, 6.45) is 2.35. The van der Waals surface area contributed by atoms with Crippen molar-refractivity contribution in [3.05, 3.63) is 76.1 Å². The van der Waals surface area contributed by atoms with Gasteiger partial charge in [-0.3, -0.25) is 0 Å². The van der Waals surface area contributed by atoms with E-state index in [4.69, 9.17) is 4.42 Å². The summed E-state index contributed by atoms with van der Waals surface area (Å²) in [6.45, 7) is 4.79. The van der Waals surface area contributed by atoms with E-state index in [9.17, 15) is 9.90 Å². The molecule has 31 heavy (non-hydrogen) atoms. The highest BCUT2D eigenvalue weighted by molar-refractivity contribution is 5.88. The van der Waals surface area contributed by atoms with Crippen molar-refractivity contribution in [3.8, 4) is 5.75 Å². The highest BCUT2D eigenvalue weighted by Gasteiger charge is 2.35. The van der Waals surface area contributed by atoms with E-state index in [1.165, 1.54) is 12.8 Å². The SMILES string of the molecule is CN/N=C(/C)[C@H](CN1CCCC1)[C@H](c1ccccc1)c1c(O)c2ccccc2oc1=O. The van der Waals surface area contributed by atoms with Crippen LogP contribution in [0.4, 0.5) is 0 Å². The van der Waals surface area contributed by atoms with Crippen LogP contribution in [0.1, 0.15) is 36.8 Å². The quantitative estimate of drug-likeness (QED) is 0.345. The van der Waals surface area contributed by atoms with Crippen LogP contribution < -0.4 is 11.1 Å². The third-order valence-electron chi connectivity index (χ3n) is 6.17. The Balaban J connectivity index is 1.92. The Labute approximate surface area is 182 Å². The fourth-order valence-corrected chi connectivity index (χ4v) is 4.66. The summed E-state index contributed by atoms with van der Waals surface area (Å²) < 4.78 is 5.65. The van der Waals surface area contributed by atoms with E-state index >= 15 is 0 Å². The predicted octanol–water partition coefficient (Wildman–Crippen LogP) is 3.94. The van der Waals surface area contributed by atoms with Crippen LogP contribution in [-0.4, -0.2) is 42.4 Å². The molecule has 0 aliphatic carbocycles. The van der Waals surface area contributed by atoms with Crippen LogP contribution >= 0.6 is 0 Å². The van der Waals surface area contributed by atoms with E-state index in [1.807, 2.05) is 43.3 Å². The number of likely N-dealkylation sites (tertiary alicyclic amines) is 1. The lowest BCUT2D eigenvalue weighted by molar-refractivity contribution is 0.296. The second-order valence-corrected chi connectivity index (χ2v) is 8.13. The lowest BCUT2D eigenvalue weighted by Crippen LogP contribution is -2.36. The highest BCUT2D eigenvalue weighted by atomic mass is 16.4. The molecule has 2 N–H and O–H groups in total. The Bertz CT molecular complexity index is 1120. The van der Waals surface area contributed by atoms with Crippen molar-refractivity contribution in [2.75, 3.05) is 26.7 Å². The molecule has 0 bridgehead atoms. The number of hydrogen-bond acceptors (Lipinski definition) is 6. The third kappa shape index (κ3) is 4.35. The Morgan fingerprint density at radius 1 is 1.13 bits per heavy atom. The number of hydrazone groups is 1. The summed E-state index contributed by atoms with van der Waals surface area (Å²) in [7, 11) is 1.77. The van der Waals surface area contributed by atoms with Gasteiger partial charge in [0.05, 0.1) is 10.9 Å². The van der Waals surface area contributed by atoms with Crippen molar-refractivity contribution in [2.24, 2.45) is 11.0 Å². The summed E-state index contributed by atoms with van der Waals surface area (Å²) in [5.74, 6) is -0.507. The minimum Gasteiger partial charge on any atom is -0.507 e. The van der Waals surface area contributed by atoms with Crippen LogP contribution in [0.25, 0.3) is 11.0 Å². The van der Waals surface area contributed by atoms with Crippen molar-refractivity contribution < 1.29 is 9.52 Å². The minimum atomic E-state index is -0.506. The molecular weight excluding hydrogens is 390 g/mol. The minimum absolute atomic E-state index is 0.00983. The molecule has 0 saturated carbocycles. The molecule has 1 aromatic heterocycles. The molecule has 0 spiro atoms. The standard InChI is InChI=1S/C25H29N3O3/c1-17(27-26-2)20(16-28-14-8-9-15-28)22(18-10-4-3-5-11-18)23-24(29)19-12-6-7-13-21(19)31-25(23)30/h3-7,10-13,20,22,26,29H,8-9,14-16H2,1-2H3/b27-17-/t20-,22-/m0/s1. The van der Waals surface area contributed by atoms with Gasteiger partial charge in [0.2, 0.25) is 0 Å². The molecule has 162 valence electrons. The summed E-state index contributed by atoms with van der Waals surface area (Å²) >= 11 is 0. The normalized spacial score (nSPS) is 17.0. The number of aromatic hydroxyl groups is 1. The number of fused-ring (bicyclic) bond motifs is 1. The zero-order valence-corrected chi connectivity index (χ0v) is 18.0. The zero-order valence-electron chi connectivity index (χ0n) is 18.0. The largest absolute Gasteiger partial charge is 0.507 e. The Kier molecular flexibility index (Phi) is 6.37. The van der Waals surface area contributed by atoms with Crippen LogP contribution in [0.5, 0.6) is 5.75 Å². The fourth-order valence-electron chi connectivity index (χ4n) is 4.66. The number of benzene rings is 2. The van der Waals surface area contributed by atoms with Gasteiger partial charge in [0.1, 0.15) is 11.3 Å². The monoisotopic (exact) mass is 419 g/mol. The van der Waals surface area contributed by atoms with Crippen LogP contribution in [0.15, 0.2) is 68.9 Å². The molecule has 0 unspecified atom stereocenters. The number of nitrogens with zero attached hydrogens (tertiary/aromatic N) is 2. The van der Waals surface area contributed by atoms with Crippen molar-refractivity contribution >= 4 is 16.7 Å². The van der Waals surface area contributed by atoms with E-state index in [2.05, 4.69) is 15.4 Å². The summed E-state index contributed by atoms with van der Waals surface area (Å²) in [4.78, 5) is 15.6. The van der Waals surface area contributed by atoms with Crippen molar-refractivity contribution in [2.45, 2.75) is 25.7 Å². The molecule has 6 nitrogen and oxygen atoms in total. The molecule has 2 aromatic carbocycles. The van der Waals surface area contributed by atoms with E-state index in [1.54, 1.807) is 25.2 Å². The molecule has 4 rings (SSSR count). The van der Waals surface area contributed by atoms with Gasteiger partial charge in [0, 0.05) is 31.1 Å². The van der Waals surface area contributed by atoms with E-state index in [0.717, 1.165) is 30.9 Å². The fraction of sp³-hybridized carbons (Fsp3) is 0.360. The van der Waals surface area contributed by atoms with Crippen LogP contribution in [0, 0.1) is 5.92 Å². The molecule has 0 radical (unpaired) electrons. The van der Waals surface area contributed by atoms with Gasteiger partial charge in [0.25, 0.3) is 0 Å². The first-order chi connectivity index (χ1) is 15.1. The topological polar surface area (TPSA) is 78.1 Å². The van der Waals surface area contributed by atoms with E-state index < -0.39 is 5.63 Å². The van der Waals surface area contributed by atoms with Crippen LogP contribution in [0.3, 0.4) is 0 Å². The Hall–Kier alpha value is -3.12. The number of rotatable bonds is 7. The molecule has 1 aliphatic rings. The smallest absolute Gasteiger partial charge is 0.343 e. The summed E-state index contributed by atoms with van der Waals surface area (Å²) in [5, 5.41) is 16.3. The summed E-state index contributed by atoms with van der Waals surface area (Å²) in [5.41, 5.74) is 4.91. The first-order valence-corrected chi connectivity index (χ1v) is 10.8. The molecule has 1 saturated heterocycles. The van der Waals surface area contributed by atoms with E-state index in [0.29, 0.717) is 16.5 Å². The maximum Gasteiger partial charge on any atom is 0.343 e. The summed E-state index contributed by atoms with van der Waals surface area (Å²) in [6, 6.07) is 17.0. The first-order valence-electron chi connectivity index (χ1n) is 10.8. The number of hydrogen-bond donors (Lipinski definition) is 2. The second-order valence-electron chi connectivity index (χ2n) is 8.13. The Morgan fingerprint density at radius 2 is 1.81 bits per heavy atom. The van der Waals surface area contributed by atoms with Crippen molar-refractivity contribution in [1.29, 1.82) is 0 Å². The van der Waals surface area contributed by atoms with Crippen LogP contribution in [0.2, 0.25) is 0 Å². The highest BCUT2D eigenvalue weighted by Crippen LogP contribution is 2.39. The lowest BCUT2D eigenvalue weighted by Gasteiger charge is -2.31. The molecule has 6 heteroatoms. The third-order valence-corrected chi connectivity index (χ3v) is 6.17. The number of nitrogens with one attached hydrogen (secondary N) is 1. The molecule has 2 heterocycles. The zero-order chi connectivity index (χ0) is 21.8. The molecule has 1 aliphatic heterocycles. The average Bonchev–Trinajstić information content (AvgIpc) is 3.29. The molecular formula is C25H29N3O3. The van der Waals surface area contributed by atoms with Gasteiger partial charge in [-0.1, -0.05) is 42.5 Å². The van der Waals surface area contributed by atoms with Gasteiger partial charge >= 0.3 is 5.63 Å². The lowest BCUT2D eigenvalue weighted by atomic mass is 9.78. The second kappa shape index (κ2) is 9.35. The molecule has 3 aromatic rings. The van der Waals surface area contributed by atoms with E-state index in [-0.39, 0.29) is 17.6 Å². The van der Waals surface area contributed by atoms with Gasteiger partial charge in [-0.25, -0.2) is 4.79 Å². The Morgan fingerprint density at radius 3 is 2.52 bits per heavy atom. The number of para-hydroxylation sites is 1. The predicted molar refractivity (Wildman–Crippen MR) is 124 cm³/mol. The van der Waals surface area contributed by atoms with Crippen molar-refractivity contribution in [3.63, 3.8) is 0 Å². The van der Waals surface area contributed by atoms with Gasteiger partial charge in [0.15, 0.2) is 0 Å². The van der Waals surface area contributed by atoms with Crippen molar-refractivity contribution in [1.82, 2.24) is 10.3 Å².